The van der Waals surface area contributed by atoms with Crippen molar-refractivity contribution in [3.05, 3.63) is 59.2 Å². The van der Waals surface area contributed by atoms with Gasteiger partial charge in [0.05, 0.1) is 38.1 Å². The molecule has 1 atom stereocenters. The lowest BCUT2D eigenvalue weighted by atomic mass is 10.0. The molecule has 36 heavy (non-hydrogen) atoms. The van der Waals surface area contributed by atoms with E-state index in [-0.39, 0.29) is 37.2 Å². The number of hydrogen-bond acceptors (Lipinski definition) is 6. The lowest BCUT2D eigenvalue weighted by Crippen LogP contribution is -2.60. The molecule has 1 heterocycles. The van der Waals surface area contributed by atoms with Crippen LogP contribution in [0.2, 0.25) is 0 Å². The number of anilines is 1. The zero-order valence-electron chi connectivity index (χ0n) is 21.7. The van der Waals surface area contributed by atoms with Gasteiger partial charge in [0, 0.05) is 19.3 Å². The average Bonchev–Trinajstić information content (AvgIpc) is 3.33. The number of benzene rings is 2. The Balaban J connectivity index is 1.81. The fourth-order valence-corrected chi connectivity index (χ4v) is 5.02. The van der Waals surface area contributed by atoms with Crippen LogP contribution in [0.4, 0.5) is 5.69 Å². The van der Waals surface area contributed by atoms with E-state index in [1.165, 1.54) is 7.11 Å². The van der Waals surface area contributed by atoms with Crippen molar-refractivity contribution in [2.24, 2.45) is 0 Å². The van der Waals surface area contributed by atoms with E-state index in [2.05, 4.69) is 5.32 Å². The van der Waals surface area contributed by atoms with E-state index in [9.17, 15) is 14.4 Å². The van der Waals surface area contributed by atoms with Gasteiger partial charge in [0.15, 0.2) is 12.6 Å². The Morgan fingerprint density at radius 1 is 1.03 bits per heavy atom. The number of nitrogens with one attached hydrogen (secondary N) is 1. The molecule has 1 N–H and O–H groups in total. The van der Waals surface area contributed by atoms with Crippen molar-refractivity contribution in [2.75, 3.05) is 38.7 Å². The normalized spacial score (nSPS) is 15.1. The van der Waals surface area contributed by atoms with Crippen LogP contribution < -0.4 is 10.1 Å². The fraction of sp³-hybridized carbons (Fsp3) is 0.464. The van der Waals surface area contributed by atoms with Crippen molar-refractivity contribution >= 4 is 23.5 Å². The van der Waals surface area contributed by atoms with Crippen molar-refractivity contribution in [1.29, 1.82) is 0 Å². The van der Waals surface area contributed by atoms with E-state index in [0.717, 1.165) is 31.5 Å². The molecule has 2 aromatic carbocycles. The molecule has 0 saturated carbocycles. The van der Waals surface area contributed by atoms with Crippen LogP contribution >= 0.6 is 0 Å². The van der Waals surface area contributed by atoms with Crippen LogP contribution in [0, 0.1) is 6.92 Å². The Kier molecular flexibility index (Phi) is 9.47. The van der Waals surface area contributed by atoms with Gasteiger partial charge in [-0.3, -0.25) is 4.79 Å². The highest BCUT2D eigenvalue weighted by molar-refractivity contribution is 6.03. The molecule has 2 aromatic rings. The van der Waals surface area contributed by atoms with E-state index in [4.69, 9.17) is 14.2 Å². The summed E-state index contributed by atoms with van der Waals surface area (Å²) in [6, 6.07) is 12.4. The van der Waals surface area contributed by atoms with Gasteiger partial charge in [-0.05, 0) is 37.1 Å². The van der Waals surface area contributed by atoms with Gasteiger partial charge in [-0.25, -0.2) is 9.59 Å². The number of hydrogen-bond donors (Lipinski definition) is 1. The Bertz CT molecular complexity index is 1060. The number of amides is 1. The second-order valence-electron chi connectivity index (χ2n) is 9.18. The molecule has 0 spiro atoms. The quantitative estimate of drug-likeness (QED) is 0.369. The monoisotopic (exact) mass is 497 g/mol. The van der Waals surface area contributed by atoms with Crippen LogP contribution in [0.15, 0.2) is 42.5 Å². The molecule has 1 aliphatic heterocycles. The molecule has 1 fully saturated rings. The highest BCUT2D eigenvalue weighted by Crippen LogP contribution is 2.31. The first-order chi connectivity index (χ1) is 17.3. The van der Waals surface area contributed by atoms with Gasteiger partial charge >= 0.3 is 11.9 Å². The summed E-state index contributed by atoms with van der Waals surface area (Å²) in [6.07, 6.45) is 2.42. The van der Waals surface area contributed by atoms with Gasteiger partial charge in [-0.15, -0.1) is 0 Å². The molecule has 0 bridgehead atoms. The highest BCUT2D eigenvalue weighted by Gasteiger charge is 2.45. The molecule has 3 rings (SSSR count). The summed E-state index contributed by atoms with van der Waals surface area (Å²) >= 11 is 0. The summed E-state index contributed by atoms with van der Waals surface area (Å²) in [5.74, 6) is -0.573. The molecule has 194 valence electrons. The van der Waals surface area contributed by atoms with Crippen molar-refractivity contribution in [2.45, 2.75) is 52.7 Å². The maximum atomic E-state index is 13.7. The van der Waals surface area contributed by atoms with Crippen LogP contribution in [-0.4, -0.2) is 61.7 Å². The summed E-state index contributed by atoms with van der Waals surface area (Å²) < 4.78 is 16.4. The van der Waals surface area contributed by atoms with Crippen LogP contribution in [0.1, 0.15) is 54.6 Å². The number of esters is 2. The van der Waals surface area contributed by atoms with Gasteiger partial charge in [0.2, 0.25) is 0 Å². The molecule has 1 saturated heterocycles. The van der Waals surface area contributed by atoms with Crippen molar-refractivity contribution < 1.29 is 33.1 Å². The Morgan fingerprint density at radius 3 is 2.33 bits per heavy atom. The topological polar surface area (TPSA) is 90.9 Å². The van der Waals surface area contributed by atoms with Crippen molar-refractivity contribution in [3.8, 4) is 5.75 Å². The first-order valence-electron chi connectivity index (χ1n) is 12.6. The second kappa shape index (κ2) is 12.5. The predicted octanol–water partition coefficient (Wildman–Crippen LogP) is 4.25. The van der Waals surface area contributed by atoms with E-state index < -0.39 is 12.0 Å². The molecule has 1 unspecified atom stereocenters. The third-order valence-corrected chi connectivity index (χ3v) is 6.78. The lowest BCUT2D eigenvalue weighted by molar-refractivity contribution is -0.924. The maximum Gasteiger partial charge on any atom is 0.362 e. The van der Waals surface area contributed by atoms with Crippen LogP contribution in [0.3, 0.4) is 0 Å². The first kappa shape index (κ1) is 27.2. The van der Waals surface area contributed by atoms with Gasteiger partial charge in [-0.1, -0.05) is 37.3 Å². The number of carbonyl (C=O) groups excluding carboxylic acids is 3. The minimum Gasteiger partial charge on any atom is -0.497 e. The average molecular weight is 498 g/mol. The lowest BCUT2D eigenvalue weighted by Gasteiger charge is -2.39. The van der Waals surface area contributed by atoms with Crippen molar-refractivity contribution in [3.63, 3.8) is 0 Å². The zero-order chi connectivity index (χ0) is 26.1. The standard InChI is InChI=1S/C28H36N2O6/c1-5-24(27(32)29-26-20(3)16-22(34-4)17-23(26)28(33)35-6-2)30(14-10-11-15-30)18-25(31)36-19-21-12-8-7-9-13-21/h7-9,12-13,16-17,24H,5-6,10-11,14-15,18-19H2,1-4H3/p+1. The summed E-state index contributed by atoms with van der Waals surface area (Å²) in [6.45, 7) is 7.48. The molecule has 8 heteroatoms. The number of quaternary nitrogens is 1. The number of carbonyl (C=O) groups is 3. The number of aryl methyl sites for hydroxylation is 1. The number of ether oxygens (including phenoxy) is 3. The minimum absolute atomic E-state index is 0.130. The van der Waals surface area contributed by atoms with E-state index in [1.54, 1.807) is 19.1 Å². The molecule has 0 aromatic heterocycles. The van der Waals surface area contributed by atoms with Gasteiger partial charge in [-0.2, -0.15) is 0 Å². The van der Waals surface area contributed by atoms with E-state index >= 15 is 0 Å². The van der Waals surface area contributed by atoms with Gasteiger partial charge in [0.25, 0.3) is 5.91 Å². The number of methoxy groups -OCH3 is 1. The summed E-state index contributed by atoms with van der Waals surface area (Å²) in [5.41, 5.74) is 2.26. The molecule has 0 aliphatic carbocycles. The molecule has 1 amide bonds. The smallest absolute Gasteiger partial charge is 0.362 e. The molecule has 8 nitrogen and oxygen atoms in total. The van der Waals surface area contributed by atoms with Crippen LogP contribution in [0.5, 0.6) is 5.75 Å². The minimum atomic E-state index is -0.530. The third kappa shape index (κ3) is 6.43. The summed E-state index contributed by atoms with van der Waals surface area (Å²) in [5, 5.41) is 2.99. The molecular formula is C28H37N2O6+. The Hall–Kier alpha value is -3.39. The van der Waals surface area contributed by atoms with Crippen LogP contribution in [-0.2, 0) is 25.7 Å². The first-order valence-corrected chi connectivity index (χ1v) is 12.6. The number of rotatable bonds is 11. The zero-order valence-corrected chi connectivity index (χ0v) is 21.7. The molecule has 0 radical (unpaired) electrons. The predicted molar refractivity (Wildman–Crippen MR) is 137 cm³/mol. The van der Waals surface area contributed by atoms with Crippen LogP contribution in [0.25, 0.3) is 0 Å². The van der Waals surface area contributed by atoms with Crippen molar-refractivity contribution in [1.82, 2.24) is 0 Å². The number of likely N-dealkylation sites (tertiary alicyclic amines) is 1. The Morgan fingerprint density at radius 2 is 1.72 bits per heavy atom. The summed E-state index contributed by atoms with van der Waals surface area (Å²) in [4.78, 5) is 39.2. The SMILES string of the molecule is CCOC(=O)c1cc(OC)cc(C)c1NC(=O)C(CC)[N+]1(CC(=O)OCc2ccccc2)CCCC1. The van der Waals surface area contributed by atoms with Gasteiger partial charge < -0.3 is 24.0 Å². The molecule has 1 aliphatic rings. The summed E-state index contributed by atoms with van der Waals surface area (Å²) in [7, 11) is 1.52. The molecular weight excluding hydrogens is 460 g/mol. The van der Waals surface area contributed by atoms with E-state index in [1.807, 2.05) is 44.2 Å². The third-order valence-electron chi connectivity index (χ3n) is 6.78. The maximum absolute atomic E-state index is 13.7. The van der Waals surface area contributed by atoms with Gasteiger partial charge in [0.1, 0.15) is 12.4 Å². The fourth-order valence-electron chi connectivity index (χ4n) is 5.02. The second-order valence-corrected chi connectivity index (χ2v) is 9.18. The Labute approximate surface area is 213 Å². The van der Waals surface area contributed by atoms with E-state index in [0.29, 0.717) is 27.9 Å². The number of nitrogens with zero attached hydrogens (tertiary/aromatic N) is 1. The largest absolute Gasteiger partial charge is 0.497 e. The highest BCUT2D eigenvalue weighted by atomic mass is 16.5.